The first-order valence-corrected chi connectivity index (χ1v) is 13.7. The number of aryl methyl sites for hydroxylation is 1. The highest BCUT2D eigenvalue weighted by atomic mass is 32.2. The van der Waals surface area contributed by atoms with Gasteiger partial charge >= 0.3 is 0 Å². The number of allylic oxidation sites excluding steroid dienone is 2. The van der Waals surface area contributed by atoms with Crippen molar-refractivity contribution >= 4 is 21.2 Å². The van der Waals surface area contributed by atoms with E-state index < -0.39 is 9.84 Å². The van der Waals surface area contributed by atoms with E-state index in [4.69, 9.17) is 4.74 Å². The fourth-order valence-corrected chi connectivity index (χ4v) is 6.62. The van der Waals surface area contributed by atoms with E-state index in [-0.39, 0.29) is 23.1 Å². The molecule has 0 saturated carbocycles. The summed E-state index contributed by atoms with van der Waals surface area (Å²) in [6, 6.07) is 20.6. The summed E-state index contributed by atoms with van der Waals surface area (Å²) in [6.45, 7) is 8.23. The predicted octanol–water partition coefficient (Wildman–Crippen LogP) is 5.97. The Morgan fingerprint density at radius 3 is 2.37 bits per heavy atom. The van der Waals surface area contributed by atoms with Crippen LogP contribution in [0.5, 0.6) is 5.75 Å². The average Bonchev–Trinajstić information content (AvgIpc) is 3.22. The maximum absolute atomic E-state index is 13.6. The second-order valence-corrected chi connectivity index (χ2v) is 12.3. The summed E-state index contributed by atoms with van der Waals surface area (Å²) < 4.78 is 32.1. The van der Waals surface area contributed by atoms with Gasteiger partial charge in [0.2, 0.25) is 0 Å². The van der Waals surface area contributed by atoms with Gasteiger partial charge in [0.1, 0.15) is 5.75 Å². The maximum atomic E-state index is 13.6. The van der Waals surface area contributed by atoms with Gasteiger partial charge in [0.25, 0.3) is 0 Å². The van der Waals surface area contributed by atoms with Crippen LogP contribution < -0.4 is 4.74 Å². The summed E-state index contributed by atoms with van der Waals surface area (Å²) >= 11 is 0. The summed E-state index contributed by atoms with van der Waals surface area (Å²) in [7, 11) is -3.45. The van der Waals surface area contributed by atoms with Gasteiger partial charge in [-0.2, -0.15) is 0 Å². The van der Waals surface area contributed by atoms with E-state index in [9.17, 15) is 13.2 Å². The van der Waals surface area contributed by atoms with E-state index in [1.54, 1.807) is 12.1 Å². The molecule has 0 fully saturated rings. The lowest BCUT2D eigenvalue weighted by atomic mass is 9.68. The van der Waals surface area contributed by atoms with Crippen molar-refractivity contribution in [1.82, 2.24) is 0 Å². The maximum Gasteiger partial charge on any atom is 0.193 e. The number of Topliss-reactive ketones (excluding diaryl/α,β-unsaturated/α-hetero) is 1. The van der Waals surface area contributed by atoms with Crippen LogP contribution in [0, 0.1) is 0 Å². The fraction of sp³-hybridized carbons (Fsp3) is 0.300. The summed E-state index contributed by atoms with van der Waals surface area (Å²) in [6.07, 6.45) is 1.08. The van der Waals surface area contributed by atoms with Gasteiger partial charge in [-0.05, 0) is 84.8 Å². The number of ketones is 1. The number of fused-ring (bicyclic) bond motifs is 3. The highest BCUT2D eigenvalue weighted by molar-refractivity contribution is 7.91. The van der Waals surface area contributed by atoms with Crippen molar-refractivity contribution < 1.29 is 17.9 Å². The van der Waals surface area contributed by atoms with Gasteiger partial charge in [0.15, 0.2) is 15.6 Å². The molecule has 0 spiro atoms. The minimum Gasteiger partial charge on any atom is -0.491 e. The number of sulfone groups is 1. The van der Waals surface area contributed by atoms with E-state index in [0.717, 1.165) is 39.1 Å². The van der Waals surface area contributed by atoms with Crippen LogP contribution in [0.3, 0.4) is 0 Å². The van der Waals surface area contributed by atoms with Crippen LogP contribution in [-0.2, 0) is 28.1 Å². The smallest absolute Gasteiger partial charge is 0.193 e. The Bertz CT molecular complexity index is 1460. The Balaban J connectivity index is 1.47. The van der Waals surface area contributed by atoms with Gasteiger partial charge in [-0.25, -0.2) is 8.42 Å². The molecule has 180 valence electrons. The van der Waals surface area contributed by atoms with Crippen molar-refractivity contribution in [3.05, 3.63) is 100 Å². The monoisotopic (exact) mass is 486 g/mol. The second kappa shape index (κ2) is 8.49. The molecule has 0 saturated heterocycles. The number of carbonyl (C=O) groups is 1. The first-order valence-electron chi connectivity index (χ1n) is 12.1. The molecule has 0 bridgehead atoms. The van der Waals surface area contributed by atoms with Crippen LogP contribution in [0.15, 0.2) is 77.2 Å². The Labute approximate surface area is 207 Å². The molecule has 0 heterocycles. The van der Waals surface area contributed by atoms with Gasteiger partial charge in [-0.3, -0.25) is 4.79 Å². The zero-order chi connectivity index (χ0) is 25.0. The van der Waals surface area contributed by atoms with Crippen LogP contribution >= 0.6 is 0 Å². The van der Waals surface area contributed by atoms with Crippen molar-refractivity contribution in [1.29, 1.82) is 0 Å². The van der Waals surface area contributed by atoms with Crippen molar-refractivity contribution in [3.63, 3.8) is 0 Å². The standard InChI is InChI=1S/C30H30O4S/c1-19(2)34-22-10-12-25-26(18-22)30(3,4)27-17-21-16-23(11-13-24(21)28(27)29(25)31)35(32,33)15-14-20-8-6-5-7-9-20/h5-13,16,18-19H,14-15,17H2,1-4H3. The lowest BCUT2D eigenvalue weighted by Crippen LogP contribution is -2.29. The molecule has 0 unspecified atom stereocenters. The van der Waals surface area contributed by atoms with Crippen LogP contribution in [0.2, 0.25) is 0 Å². The zero-order valence-corrected chi connectivity index (χ0v) is 21.4. The fourth-order valence-electron chi connectivity index (χ4n) is 5.28. The van der Waals surface area contributed by atoms with E-state index in [0.29, 0.717) is 23.3 Å². The normalized spacial score (nSPS) is 16.2. The first kappa shape index (κ1) is 23.6. The third-order valence-corrected chi connectivity index (χ3v) is 8.85. The molecule has 3 aromatic carbocycles. The molecular formula is C30H30O4S. The van der Waals surface area contributed by atoms with Crippen LogP contribution in [0.25, 0.3) is 5.57 Å². The molecule has 35 heavy (non-hydrogen) atoms. The van der Waals surface area contributed by atoms with E-state index in [2.05, 4.69) is 13.8 Å². The number of carbonyl (C=O) groups excluding carboxylic acids is 1. The molecule has 0 radical (unpaired) electrons. The topological polar surface area (TPSA) is 60.4 Å². The van der Waals surface area contributed by atoms with Gasteiger partial charge in [-0.15, -0.1) is 0 Å². The summed E-state index contributed by atoms with van der Waals surface area (Å²) in [5.74, 6) is 0.812. The largest absolute Gasteiger partial charge is 0.491 e. The molecule has 0 aliphatic heterocycles. The molecule has 0 atom stereocenters. The van der Waals surface area contributed by atoms with Crippen molar-refractivity contribution in [3.8, 4) is 5.75 Å². The van der Waals surface area contributed by atoms with Crippen molar-refractivity contribution in [2.75, 3.05) is 5.75 Å². The number of ether oxygens (including phenoxy) is 1. The van der Waals surface area contributed by atoms with Crippen molar-refractivity contribution in [2.24, 2.45) is 0 Å². The molecule has 4 nitrogen and oxygen atoms in total. The molecule has 2 aliphatic rings. The molecule has 0 aromatic heterocycles. The summed E-state index contributed by atoms with van der Waals surface area (Å²) in [5.41, 5.74) is 5.81. The quantitative estimate of drug-likeness (QED) is 0.430. The molecule has 5 heteroatoms. The molecular weight excluding hydrogens is 456 g/mol. The van der Waals surface area contributed by atoms with Crippen LogP contribution in [0.1, 0.15) is 60.3 Å². The third-order valence-electron chi connectivity index (χ3n) is 7.14. The second-order valence-electron chi connectivity index (χ2n) is 10.2. The zero-order valence-electron chi connectivity index (χ0n) is 20.6. The number of hydrogen-bond donors (Lipinski definition) is 0. The minimum atomic E-state index is -3.45. The van der Waals surface area contributed by atoms with Gasteiger partial charge in [-0.1, -0.05) is 50.2 Å². The molecule has 3 aromatic rings. The minimum absolute atomic E-state index is 0.00357. The average molecular weight is 487 g/mol. The summed E-state index contributed by atoms with van der Waals surface area (Å²) in [4.78, 5) is 13.9. The van der Waals surface area contributed by atoms with Gasteiger partial charge in [0, 0.05) is 16.6 Å². The van der Waals surface area contributed by atoms with E-state index in [1.165, 1.54) is 0 Å². The Kier molecular flexibility index (Phi) is 5.71. The lowest BCUT2D eigenvalue weighted by molar-refractivity contribution is 0.105. The lowest BCUT2D eigenvalue weighted by Gasteiger charge is -2.34. The first-order chi connectivity index (χ1) is 16.6. The number of hydrogen-bond acceptors (Lipinski definition) is 4. The summed E-state index contributed by atoms with van der Waals surface area (Å²) in [5, 5.41) is 0. The molecule has 0 N–H and O–H groups in total. The Morgan fingerprint density at radius 1 is 0.943 bits per heavy atom. The van der Waals surface area contributed by atoms with E-state index >= 15 is 0 Å². The van der Waals surface area contributed by atoms with Crippen LogP contribution in [0.4, 0.5) is 0 Å². The molecule has 2 aliphatic carbocycles. The Morgan fingerprint density at radius 2 is 1.66 bits per heavy atom. The van der Waals surface area contributed by atoms with Crippen molar-refractivity contribution in [2.45, 2.75) is 57.0 Å². The highest BCUT2D eigenvalue weighted by Crippen LogP contribution is 2.50. The molecule has 5 rings (SSSR count). The van der Waals surface area contributed by atoms with E-state index in [1.807, 2.05) is 68.4 Å². The Hall–Kier alpha value is -3.18. The van der Waals surface area contributed by atoms with Crippen LogP contribution in [-0.4, -0.2) is 26.1 Å². The number of benzene rings is 3. The number of rotatable bonds is 6. The SMILES string of the molecule is CC(C)Oc1ccc2c(c1)C(C)(C)C1=C(C2=O)c2ccc(S(=O)(=O)CCc3ccccc3)cc2C1. The molecule has 0 amide bonds. The highest BCUT2D eigenvalue weighted by Gasteiger charge is 2.43. The predicted molar refractivity (Wildman–Crippen MR) is 139 cm³/mol. The third kappa shape index (κ3) is 4.12. The van der Waals surface area contributed by atoms with Gasteiger partial charge in [0.05, 0.1) is 16.8 Å². The van der Waals surface area contributed by atoms with Gasteiger partial charge < -0.3 is 4.74 Å².